The lowest BCUT2D eigenvalue weighted by Gasteiger charge is -2.31. The van der Waals surface area contributed by atoms with Gasteiger partial charge in [0.05, 0.1) is 11.7 Å². The van der Waals surface area contributed by atoms with Gasteiger partial charge in [-0.2, -0.15) is 0 Å². The van der Waals surface area contributed by atoms with Crippen LogP contribution < -0.4 is 5.32 Å². The quantitative estimate of drug-likeness (QED) is 0.707. The molecule has 156 valence electrons. The molecule has 1 N–H and O–H groups in total. The molecule has 0 saturated carbocycles. The summed E-state index contributed by atoms with van der Waals surface area (Å²) >= 11 is 6.12. The number of nitrogens with one attached hydrogen (secondary N) is 1. The standard InChI is InChI=1S/C22H27ClN2O3S/c1-17-20(23)12-5-13-21(17)24-22(26)19-11-6-14-25(16-19)29(27,28)15-7-10-18-8-3-2-4-9-18/h2-5,8-9,12-13,19H,6-7,10-11,14-16H2,1H3,(H,24,26)/t19-/m1/s1. The summed E-state index contributed by atoms with van der Waals surface area (Å²) in [6, 6.07) is 15.2. The average molecular weight is 435 g/mol. The van der Waals surface area contributed by atoms with E-state index in [1.54, 1.807) is 18.2 Å². The van der Waals surface area contributed by atoms with Crippen LogP contribution in [0.2, 0.25) is 5.02 Å². The van der Waals surface area contributed by atoms with Gasteiger partial charge in [0.1, 0.15) is 0 Å². The van der Waals surface area contributed by atoms with Gasteiger partial charge in [0, 0.05) is 23.8 Å². The molecule has 0 aliphatic carbocycles. The number of rotatable bonds is 7. The lowest BCUT2D eigenvalue weighted by Crippen LogP contribution is -2.44. The number of hydrogen-bond donors (Lipinski definition) is 1. The molecule has 0 bridgehead atoms. The maximum Gasteiger partial charge on any atom is 0.228 e. The summed E-state index contributed by atoms with van der Waals surface area (Å²) in [5, 5.41) is 3.50. The molecule has 1 saturated heterocycles. The van der Waals surface area contributed by atoms with E-state index in [9.17, 15) is 13.2 Å². The van der Waals surface area contributed by atoms with Crippen LogP contribution in [0.5, 0.6) is 0 Å². The van der Waals surface area contributed by atoms with Crippen molar-refractivity contribution in [3.63, 3.8) is 0 Å². The Balaban J connectivity index is 1.57. The van der Waals surface area contributed by atoms with Gasteiger partial charge in [0.2, 0.25) is 15.9 Å². The van der Waals surface area contributed by atoms with Crippen molar-refractivity contribution in [3.8, 4) is 0 Å². The van der Waals surface area contributed by atoms with Crippen molar-refractivity contribution in [1.29, 1.82) is 0 Å². The van der Waals surface area contributed by atoms with Crippen LogP contribution >= 0.6 is 11.6 Å². The highest BCUT2D eigenvalue weighted by molar-refractivity contribution is 7.89. The van der Waals surface area contributed by atoms with Crippen molar-refractivity contribution < 1.29 is 13.2 Å². The minimum absolute atomic E-state index is 0.101. The Kier molecular flexibility index (Phi) is 7.33. The van der Waals surface area contributed by atoms with E-state index in [1.165, 1.54) is 4.31 Å². The second-order valence-electron chi connectivity index (χ2n) is 7.50. The number of sulfonamides is 1. The minimum atomic E-state index is -3.38. The molecule has 1 amide bonds. The van der Waals surface area contributed by atoms with Crippen molar-refractivity contribution in [2.75, 3.05) is 24.2 Å². The molecule has 1 fully saturated rings. The van der Waals surface area contributed by atoms with Gasteiger partial charge in [-0.15, -0.1) is 0 Å². The second kappa shape index (κ2) is 9.74. The topological polar surface area (TPSA) is 66.5 Å². The third kappa shape index (κ3) is 5.81. The first kappa shape index (κ1) is 21.8. The van der Waals surface area contributed by atoms with Crippen molar-refractivity contribution in [3.05, 3.63) is 64.7 Å². The molecule has 1 atom stereocenters. The molecule has 7 heteroatoms. The van der Waals surface area contributed by atoms with Gasteiger partial charge in [-0.25, -0.2) is 12.7 Å². The molecule has 1 heterocycles. The summed E-state index contributed by atoms with van der Waals surface area (Å²) in [6.45, 7) is 2.56. The molecule has 0 radical (unpaired) electrons. The first-order valence-electron chi connectivity index (χ1n) is 9.94. The zero-order chi connectivity index (χ0) is 20.9. The SMILES string of the molecule is Cc1c(Cl)cccc1NC(=O)[C@@H]1CCCN(S(=O)(=O)CCCc2ccccc2)C1. The van der Waals surface area contributed by atoms with Crippen LogP contribution in [0.4, 0.5) is 5.69 Å². The van der Waals surface area contributed by atoms with E-state index >= 15 is 0 Å². The summed E-state index contributed by atoms with van der Waals surface area (Å²) in [7, 11) is -3.38. The largest absolute Gasteiger partial charge is 0.326 e. The third-order valence-corrected chi connectivity index (χ3v) is 7.72. The number of nitrogens with zero attached hydrogens (tertiary/aromatic N) is 1. The van der Waals surface area contributed by atoms with Crippen LogP contribution in [-0.4, -0.2) is 37.5 Å². The van der Waals surface area contributed by atoms with Crippen LogP contribution in [0.25, 0.3) is 0 Å². The van der Waals surface area contributed by atoms with Crippen LogP contribution in [0.3, 0.4) is 0 Å². The molecule has 5 nitrogen and oxygen atoms in total. The second-order valence-corrected chi connectivity index (χ2v) is 10.00. The monoisotopic (exact) mass is 434 g/mol. The molecule has 2 aromatic carbocycles. The molecular weight excluding hydrogens is 408 g/mol. The van der Waals surface area contributed by atoms with Crippen molar-refractivity contribution in [2.24, 2.45) is 5.92 Å². The highest BCUT2D eigenvalue weighted by atomic mass is 35.5. The van der Waals surface area contributed by atoms with Crippen LogP contribution in [-0.2, 0) is 21.2 Å². The molecule has 1 aliphatic rings. The molecule has 0 unspecified atom stereocenters. The Morgan fingerprint density at radius 3 is 2.69 bits per heavy atom. The first-order chi connectivity index (χ1) is 13.9. The predicted octanol–water partition coefficient (Wildman–Crippen LogP) is 4.26. The number of piperidine rings is 1. The summed E-state index contributed by atoms with van der Waals surface area (Å²) in [4.78, 5) is 12.7. The van der Waals surface area contributed by atoms with Gasteiger partial charge >= 0.3 is 0 Å². The molecule has 2 aromatic rings. The number of halogens is 1. The number of hydrogen-bond acceptors (Lipinski definition) is 3. The summed E-state index contributed by atoms with van der Waals surface area (Å²) < 4.78 is 27.0. The lowest BCUT2D eigenvalue weighted by atomic mass is 9.98. The number of carbonyl (C=O) groups is 1. The Hall–Kier alpha value is -1.89. The Morgan fingerprint density at radius 2 is 1.93 bits per heavy atom. The molecular formula is C22H27ClN2O3S. The predicted molar refractivity (Wildman–Crippen MR) is 118 cm³/mol. The van der Waals surface area contributed by atoms with E-state index in [-0.39, 0.29) is 24.1 Å². The Bertz CT molecular complexity index is 948. The molecule has 0 spiro atoms. The average Bonchev–Trinajstić information content (AvgIpc) is 2.72. The summed E-state index contributed by atoms with van der Waals surface area (Å²) in [6.07, 6.45) is 2.67. The zero-order valence-electron chi connectivity index (χ0n) is 16.6. The number of benzene rings is 2. The highest BCUT2D eigenvalue weighted by Gasteiger charge is 2.32. The van der Waals surface area contributed by atoms with Gasteiger partial charge < -0.3 is 5.32 Å². The smallest absolute Gasteiger partial charge is 0.228 e. The van der Waals surface area contributed by atoms with Gasteiger partial charge in [-0.05, 0) is 55.9 Å². The maximum absolute atomic E-state index is 12.8. The Morgan fingerprint density at radius 1 is 1.17 bits per heavy atom. The molecule has 29 heavy (non-hydrogen) atoms. The fourth-order valence-corrected chi connectivity index (χ4v) is 5.38. The molecule has 0 aromatic heterocycles. The first-order valence-corrected chi connectivity index (χ1v) is 11.9. The third-order valence-electron chi connectivity index (χ3n) is 5.38. The fourth-order valence-electron chi connectivity index (χ4n) is 3.62. The fraction of sp³-hybridized carbons (Fsp3) is 0.409. The summed E-state index contributed by atoms with van der Waals surface area (Å²) in [5.74, 6) is -0.408. The molecule has 3 rings (SSSR count). The van der Waals surface area contributed by atoms with Crippen LogP contribution in [0, 0.1) is 12.8 Å². The number of aryl methyl sites for hydroxylation is 1. The molecule has 1 aliphatic heterocycles. The van der Waals surface area contributed by atoms with E-state index in [4.69, 9.17) is 11.6 Å². The maximum atomic E-state index is 12.8. The van der Waals surface area contributed by atoms with Gasteiger partial charge in [-0.3, -0.25) is 4.79 Å². The van der Waals surface area contributed by atoms with Crippen molar-refractivity contribution in [2.45, 2.75) is 32.6 Å². The van der Waals surface area contributed by atoms with Crippen molar-refractivity contribution in [1.82, 2.24) is 4.31 Å². The van der Waals surface area contributed by atoms with Crippen LogP contribution in [0.1, 0.15) is 30.4 Å². The van der Waals surface area contributed by atoms with E-state index in [1.807, 2.05) is 37.3 Å². The van der Waals surface area contributed by atoms with Crippen LogP contribution in [0.15, 0.2) is 48.5 Å². The van der Waals surface area contributed by atoms with Gasteiger partial charge in [-0.1, -0.05) is 48.0 Å². The summed E-state index contributed by atoms with van der Waals surface area (Å²) in [5.41, 5.74) is 2.62. The normalized spacial score (nSPS) is 17.8. The van der Waals surface area contributed by atoms with E-state index < -0.39 is 10.0 Å². The Labute approximate surface area is 178 Å². The minimum Gasteiger partial charge on any atom is -0.326 e. The number of amides is 1. The van der Waals surface area contributed by atoms with Gasteiger partial charge in [0.25, 0.3) is 0 Å². The zero-order valence-corrected chi connectivity index (χ0v) is 18.2. The lowest BCUT2D eigenvalue weighted by molar-refractivity contribution is -0.120. The van der Waals surface area contributed by atoms with E-state index in [0.717, 1.165) is 17.5 Å². The van der Waals surface area contributed by atoms with E-state index in [2.05, 4.69) is 5.32 Å². The number of anilines is 1. The number of carbonyl (C=O) groups excluding carboxylic acids is 1. The van der Waals surface area contributed by atoms with Gasteiger partial charge in [0.15, 0.2) is 0 Å². The van der Waals surface area contributed by atoms with E-state index in [0.29, 0.717) is 36.5 Å². The van der Waals surface area contributed by atoms with Crippen molar-refractivity contribution >= 4 is 33.2 Å². The highest BCUT2D eigenvalue weighted by Crippen LogP contribution is 2.26.